The van der Waals surface area contributed by atoms with Gasteiger partial charge in [0, 0.05) is 11.2 Å². The van der Waals surface area contributed by atoms with Crippen molar-refractivity contribution in [2.75, 3.05) is 0 Å². The second-order valence-corrected chi connectivity index (χ2v) is 7.36. The summed E-state index contributed by atoms with van der Waals surface area (Å²) in [5.41, 5.74) is -0.539. The molecule has 8 heteroatoms. The lowest BCUT2D eigenvalue weighted by Gasteiger charge is -2.14. The third-order valence-electron chi connectivity index (χ3n) is 4.54. The summed E-state index contributed by atoms with van der Waals surface area (Å²) in [4.78, 5) is 30.7. The van der Waals surface area contributed by atoms with Crippen LogP contribution in [0.5, 0.6) is 5.88 Å². The van der Waals surface area contributed by atoms with E-state index < -0.39 is 17.1 Å². The molecule has 1 heterocycles. The normalized spacial score (nSPS) is 11.2. The molecule has 0 unspecified atom stereocenters. The largest absolute Gasteiger partial charge is 0.493 e. The zero-order chi connectivity index (χ0) is 22.0. The summed E-state index contributed by atoms with van der Waals surface area (Å²) in [7, 11) is 0. The predicted octanol–water partition coefficient (Wildman–Crippen LogP) is 4.75. The number of hydrogen-bond donors (Lipinski definition) is 1. The Morgan fingerprint density at radius 2 is 1.39 bits per heavy atom. The van der Waals surface area contributed by atoms with Crippen LogP contribution in [0.4, 0.5) is 5.69 Å². The van der Waals surface area contributed by atoms with Gasteiger partial charge in [0.15, 0.2) is 0 Å². The highest BCUT2D eigenvalue weighted by molar-refractivity contribution is 6.35. The predicted molar refractivity (Wildman–Crippen MR) is 123 cm³/mol. The minimum atomic E-state index is -0.720. The molecule has 0 aliphatic rings. The summed E-state index contributed by atoms with van der Waals surface area (Å²) in [5, 5.41) is 11.6. The van der Waals surface area contributed by atoms with E-state index in [9.17, 15) is 14.7 Å². The van der Waals surface area contributed by atoms with E-state index in [0.29, 0.717) is 27.1 Å². The Bertz CT molecular complexity index is 1400. The molecular formula is C23H15Cl2N3O3. The number of aromatic hydroxyl groups is 1. The van der Waals surface area contributed by atoms with Crippen LogP contribution < -0.4 is 11.2 Å². The fourth-order valence-electron chi connectivity index (χ4n) is 3.06. The molecular weight excluding hydrogens is 437 g/mol. The molecule has 0 amide bonds. The minimum absolute atomic E-state index is 0.177. The van der Waals surface area contributed by atoms with Crippen LogP contribution in [0.25, 0.3) is 11.4 Å². The van der Waals surface area contributed by atoms with Gasteiger partial charge in [0.25, 0.3) is 5.56 Å². The fourth-order valence-corrected chi connectivity index (χ4v) is 3.39. The van der Waals surface area contributed by atoms with Gasteiger partial charge in [0.2, 0.25) is 5.88 Å². The Kier molecular flexibility index (Phi) is 5.75. The lowest BCUT2D eigenvalue weighted by atomic mass is 10.2. The van der Waals surface area contributed by atoms with Crippen molar-refractivity contribution in [3.63, 3.8) is 0 Å². The quantitative estimate of drug-likeness (QED) is 0.454. The van der Waals surface area contributed by atoms with Crippen molar-refractivity contribution >= 4 is 35.1 Å². The average Bonchev–Trinajstić information content (AvgIpc) is 2.77. The highest BCUT2D eigenvalue weighted by Gasteiger charge is 2.20. The molecule has 0 aliphatic heterocycles. The molecule has 0 bridgehead atoms. The van der Waals surface area contributed by atoms with Crippen LogP contribution in [0.2, 0.25) is 10.0 Å². The molecule has 0 saturated carbocycles. The third kappa shape index (κ3) is 4.03. The molecule has 4 aromatic rings. The van der Waals surface area contributed by atoms with E-state index in [-0.39, 0.29) is 5.56 Å². The van der Waals surface area contributed by atoms with Crippen molar-refractivity contribution in [2.45, 2.75) is 0 Å². The molecule has 0 fully saturated rings. The van der Waals surface area contributed by atoms with E-state index in [1.165, 1.54) is 12.3 Å². The first-order valence-electron chi connectivity index (χ1n) is 9.18. The summed E-state index contributed by atoms with van der Waals surface area (Å²) in [6.07, 6.45) is 1.17. The molecule has 4 rings (SSSR count). The Balaban J connectivity index is 2.01. The second kappa shape index (κ2) is 8.63. The summed E-state index contributed by atoms with van der Waals surface area (Å²) in [6, 6.07) is 21.7. The number of para-hydroxylation sites is 2. The molecule has 0 radical (unpaired) electrons. The summed E-state index contributed by atoms with van der Waals surface area (Å²) in [5.74, 6) is -0.532. The van der Waals surface area contributed by atoms with E-state index >= 15 is 0 Å². The first-order chi connectivity index (χ1) is 15.0. The maximum absolute atomic E-state index is 13.2. The molecule has 0 atom stereocenters. The van der Waals surface area contributed by atoms with Crippen LogP contribution in [0, 0.1) is 0 Å². The lowest BCUT2D eigenvalue weighted by Crippen LogP contribution is -2.40. The Labute approximate surface area is 186 Å². The number of aliphatic imine (C=N–C) groups is 1. The van der Waals surface area contributed by atoms with Crippen molar-refractivity contribution in [2.24, 2.45) is 4.99 Å². The SMILES string of the molecule is O=c1c(C=Nc2cc(Cl)ccc2Cl)c(O)n(-c2ccccc2)c(=O)n1-c1ccccc1. The Hall–Kier alpha value is -3.61. The van der Waals surface area contributed by atoms with Crippen LogP contribution in [0.3, 0.4) is 0 Å². The third-order valence-corrected chi connectivity index (χ3v) is 5.09. The van der Waals surface area contributed by atoms with Crippen LogP contribution in [-0.4, -0.2) is 20.5 Å². The summed E-state index contributed by atoms with van der Waals surface area (Å²) in [6.45, 7) is 0. The Morgan fingerprint density at radius 1 is 0.806 bits per heavy atom. The van der Waals surface area contributed by atoms with Gasteiger partial charge in [-0.3, -0.25) is 9.79 Å². The summed E-state index contributed by atoms with van der Waals surface area (Å²) >= 11 is 12.1. The van der Waals surface area contributed by atoms with E-state index in [1.807, 2.05) is 0 Å². The highest BCUT2D eigenvalue weighted by atomic mass is 35.5. The van der Waals surface area contributed by atoms with Gasteiger partial charge < -0.3 is 5.11 Å². The number of rotatable bonds is 4. The van der Waals surface area contributed by atoms with Gasteiger partial charge in [-0.2, -0.15) is 0 Å². The number of hydrogen-bond acceptors (Lipinski definition) is 4. The molecule has 31 heavy (non-hydrogen) atoms. The van der Waals surface area contributed by atoms with Crippen molar-refractivity contribution in [3.8, 4) is 17.3 Å². The maximum atomic E-state index is 13.2. The van der Waals surface area contributed by atoms with Gasteiger partial charge in [0.05, 0.1) is 22.1 Å². The molecule has 0 saturated heterocycles. The van der Waals surface area contributed by atoms with Gasteiger partial charge in [-0.15, -0.1) is 0 Å². The average molecular weight is 452 g/mol. The monoisotopic (exact) mass is 451 g/mol. The second-order valence-electron chi connectivity index (χ2n) is 6.52. The number of benzene rings is 3. The molecule has 1 aromatic heterocycles. The molecule has 0 aliphatic carbocycles. The van der Waals surface area contributed by atoms with Gasteiger partial charge in [0.1, 0.15) is 5.56 Å². The van der Waals surface area contributed by atoms with Crippen molar-refractivity contribution in [3.05, 3.63) is 115 Å². The number of aromatic nitrogens is 2. The standard InChI is InChI=1S/C23H15Cl2N3O3/c24-15-11-12-19(25)20(13-15)26-14-18-21(29)27(16-7-3-1-4-8-16)23(31)28(22(18)30)17-9-5-2-6-10-17/h1-14,29H. The van der Waals surface area contributed by atoms with Gasteiger partial charge in [-0.1, -0.05) is 59.6 Å². The van der Waals surface area contributed by atoms with Crippen LogP contribution >= 0.6 is 23.2 Å². The topological polar surface area (TPSA) is 76.6 Å². The smallest absolute Gasteiger partial charge is 0.343 e. The molecule has 154 valence electrons. The Morgan fingerprint density at radius 3 is 2.00 bits per heavy atom. The zero-order valence-corrected chi connectivity index (χ0v) is 17.5. The first kappa shape index (κ1) is 20.7. The van der Waals surface area contributed by atoms with Gasteiger partial charge in [-0.05, 0) is 42.5 Å². The lowest BCUT2D eigenvalue weighted by molar-refractivity contribution is 0.427. The molecule has 0 spiro atoms. The van der Waals surface area contributed by atoms with Gasteiger partial charge >= 0.3 is 5.69 Å². The number of nitrogens with zero attached hydrogens (tertiary/aromatic N) is 3. The van der Waals surface area contributed by atoms with Gasteiger partial charge in [-0.25, -0.2) is 13.9 Å². The van der Waals surface area contributed by atoms with Crippen molar-refractivity contribution in [1.29, 1.82) is 0 Å². The van der Waals surface area contributed by atoms with Crippen molar-refractivity contribution < 1.29 is 5.11 Å². The molecule has 6 nitrogen and oxygen atoms in total. The summed E-state index contributed by atoms with van der Waals surface area (Å²) < 4.78 is 2.03. The highest BCUT2D eigenvalue weighted by Crippen LogP contribution is 2.28. The van der Waals surface area contributed by atoms with Crippen LogP contribution in [-0.2, 0) is 0 Å². The fraction of sp³-hybridized carbons (Fsp3) is 0. The van der Waals surface area contributed by atoms with E-state index in [0.717, 1.165) is 9.13 Å². The van der Waals surface area contributed by atoms with Crippen LogP contribution in [0.15, 0.2) is 93.4 Å². The number of halogens is 2. The van der Waals surface area contributed by atoms with Crippen molar-refractivity contribution in [1.82, 2.24) is 9.13 Å². The molecule has 3 aromatic carbocycles. The maximum Gasteiger partial charge on any atom is 0.343 e. The first-order valence-corrected chi connectivity index (χ1v) is 9.94. The van der Waals surface area contributed by atoms with Crippen LogP contribution in [0.1, 0.15) is 5.56 Å². The van der Waals surface area contributed by atoms with E-state index in [2.05, 4.69) is 4.99 Å². The van der Waals surface area contributed by atoms with E-state index in [1.54, 1.807) is 72.8 Å². The zero-order valence-electron chi connectivity index (χ0n) is 15.9. The van der Waals surface area contributed by atoms with E-state index in [4.69, 9.17) is 23.2 Å². The molecule has 1 N–H and O–H groups in total. The minimum Gasteiger partial charge on any atom is -0.493 e.